The predicted octanol–water partition coefficient (Wildman–Crippen LogP) is 2.45. The minimum absolute atomic E-state index is 0.0248. The zero-order chi connectivity index (χ0) is 17.6. The van der Waals surface area contributed by atoms with E-state index in [1.165, 1.54) is 25.3 Å². The maximum atomic E-state index is 12.6. The summed E-state index contributed by atoms with van der Waals surface area (Å²) in [6.45, 7) is 2.48. The monoisotopic (exact) mass is 354 g/mol. The van der Waals surface area contributed by atoms with Crippen molar-refractivity contribution in [3.8, 4) is 5.75 Å². The zero-order valence-corrected chi connectivity index (χ0v) is 15.1. The van der Waals surface area contributed by atoms with Gasteiger partial charge in [0.05, 0.1) is 17.6 Å². The van der Waals surface area contributed by atoms with Crippen LogP contribution in [0.3, 0.4) is 0 Å². The van der Waals surface area contributed by atoms with Gasteiger partial charge >= 0.3 is 0 Å². The Morgan fingerprint density at radius 3 is 2.58 bits per heavy atom. The number of amides is 1. The molecule has 7 heteroatoms. The second-order valence-corrected chi connectivity index (χ2v) is 7.79. The lowest BCUT2D eigenvalue weighted by atomic mass is 9.96. The molecule has 1 amide bonds. The zero-order valence-electron chi connectivity index (χ0n) is 14.3. The van der Waals surface area contributed by atoms with Crippen molar-refractivity contribution in [3.05, 3.63) is 23.8 Å². The summed E-state index contributed by atoms with van der Waals surface area (Å²) in [6, 6.07) is 4.36. The summed E-state index contributed by atoms with van der Waals surface area (Å²) in [5, 5.41) is 2.75. The number of sulfonamides is 1. The molecule has 0 saturated heterocycles. The third-order valence-corrected chi connectivity index (χ3v) is 5.71. The predicted molar refractivity (Wildman–Crippen MR) is 92.8 cm³/mol. The normalized spacial score (nSPS) is 15.9. The van der Waals surface area contributed by atoms with Crippen LogP contribution in [0.2, 0.25) is 0 Å². The molecule has 0 aromatic heterocycles. The molecule has 1 aliphatic rings. The molecule has 1 aromatic rings. The van der Waals surface area contributed by atoms with Crippen LogP contribution in [0.1, 0.15) is 55.8 Å². The van der Waals surface area contributed by atoms with E-state index in [-0.39, 0.29) is 22.4 Å². The molecular weight excluding hydrogens is 328 g/mol. The largest absolute Gasteiger partial charge is 0.496 e. The Morgan fingerprint density at radius 2 is 1.96 bits per heavy atom. The molecule has 2 N–H and O–H groups in total. The van der Waals surface area contributed by atoms with Gasteiger partial charge in [-0.3, -0.25) is 4.79 Å². The first-order valence-electron chi connectivity index (χ1n) is 8.46. The summed E-state index contributed by atoms with van der Waals surface area (Å²) in [5.74, 6) is 0.0311. The molecule has 1 saturated carbocycles. The molecular formula is C17H26N2O4S. The van der Waals surface area contributed by atoms with Crippen molar-refractivity contribution in [2.75, 3.05) is 13.7 Å². The van der Waals surface area contributed by atoms with Gasteiger partial charge in [-0.15, -0.1) is 0 Å². The Balaban J connectivity index is 2.24. The molecule has 1 fully saturated rings. The van der Waals surface area contributed by atoms with E-state index in [4.69, 9.17) is 4.74 Å². The lowest BCUT2D eigenvalue weighted by Gasteiger charge is -2.22. The van der Waals surface area contributed by atoms with E-state index < -0.39 is 10.0 Å². The Kier molecular flexibility index (Phi) is 6.62. The van der Waals surface area contributed by atoms with Crippen LogP contribution < -0.4 is 14.8 Å². The second kappa shape index (κ2) is 8.48. The van der Waals surface area contributed by atoms with Crippen LogP contribution in [-0.4, -0.2) is 34.0 Å². The molecule has 0 radical (unpaired) electrons. The first-order valence-corrected chi connectivity index (χ1v) is 9.95. The fourth-order valence-electron chi connectivity index (χ4n) is 2.87. The van der Waals surface area contributed by atoms with E-state index in [9.17, 15) is 13.2 Å². The van der Waals surface area contributed by atoms with Gasteiger partial charge in [0.2, 0.25) is 10.0 Å². The lowest BCUT2D eigenvalue weighted by Crippen LogP contribution is -2.36. The molecule has 1 aliphatic carbocycles. The minimum atomic E-state index is -3.65. The van der Waals surface area contributed by atoms with Gasteiger partial charge in [-0.1, -0.05) is 26.2 Å². The summed E-state index contributed by atoms with van der Waals surface area (Å²) < 4.78 is 33.2. The molecule has 0 aliphatic heterocycles. The number of ether oxygens (including phenoxy) is 1. The van der Waals surface area contributed by atoms with E-state index in [2.05, 4.69) is 10.0 Å². The molecule has 2 rings (SSSR count). The van der Waals surface area contributed by atoms with Crippen molar-refractivity contribution in [3.63, 3.8) is 0 Å². The van der Waals surface area contributed by atoms with E-state index in [1.54, 1.807) is 0 Å². The van der Waals surface area contributed by atoms with Gasteiger partial charge in [0.25, 0.3) is 5.91 Å². The van der Waals surface area contributed by atoms with Crippen LogP contribution in [0.5, 0.6) is 5.75 Å². The Hall–Kier alpha value is -1.60. The first kappa shape index (κ1) is 18.7. The SMILES string of the molecule is CCCNC(=O)c1cc(S(=O)(=O)NC2CCCCC2)ccc1OC. The third kappa shape index (κ3) is 4.70. The van der Waals surface area contributed by atoms with Crippen molar-refractivity contribution < 1.29 is 17.9 Å². The molecule has 24 heavy (non-hydrogen) atoms. The van der Waals surface area contributed by atoms with Crippen LogP contribution in [0, 0.1) is 0 Å². The Labute approximate surface area is 144 Å². The maximum Gasteiger partial charge on any atom is 0.255 e. The molecule has 0 bridgehead atoms. The quantitative estimate of drug-likeness (QED) is 0.788. The number of methoxy groups -OCH3 is 1. The first-order chi connectivity index (χ1) is 11.5. The summed E-state index contributed by atoms with van der Waals surface area (Å²) >= 11 is 0. The average molecular weight is 354 g/mol. The van der Waals surface area contributed by atoms with Crippen LogP contribution in [0.4, 0.5) is 0 Å². The minimum Gasteiger partial charge on any atom is -0.496 e. The number of hydrogen-bond donors (Lipinski definition) is 2. The van der Waals surface area contributed by atoms with Gasteiger partial charge in [-0.05, 0) is 37.5 Å². The van der Waals surface area contributed by atoms with Gasteiger partial charge in [0, 0.05) is 12.6 Å². The van der Waals surface area contributed by atoms with E-state index >= 15 is 0 Å². The molecule has 1 aromatic carbocycles. The Bertz CT molecular complexity index is 667. The molecule has 6 nitrogen and oxygen atoms in total. The number of rotatable bonds is 7. The maximum absolute atomic E-state index is 12.6. The van der Waals surface area contributed by atoms with Crippen LogP contribution in [0.15, 0.2) is 23.1 Å². The van der Waals surface area contributed by atoms with Gasteiger partial charge in [-0.25, -0.2) is 13.1 Å². The van der Waals surface area contributed by atoms with Crippen molar-refractivity contribution in [2.45, 2.75) is 56.4 Å². The second-order valence-electron chi connectivity index (χ2n) is 6.07. The summed E-state index contributed by atoms with van der Waals surface area (Å²) in [4.78, 5) is 12.3. The average Bonchev–Trinajstić information content (AvgIpc) is 2.59. The van der Waals surface area contributed by atoms with Crippen molar-refractivity contribution in [1.82, 2.24) is 10.0 Å². The highest BCUT2D eigenvalue weighted by Crippen LogP contribution is 2.24. The van der Waals surface area contributed by atoms with Crippen molar-refractivity contribution in [2.24, 2.45) is 0 Å². The van der Waals surface area contributed by atoms with Crippen molar-refractivity contribution >= 4 is 15.9 Å². The summed E-state index contributed by atoms with van der Waals surface area (Å²) in [6.07, 6.45) is 5.76. The van der Waals surface area contributed by atoms with Gasteiger partial charge < -0.3 is 10.1 Å². The molecule has 0 spiro atoms. The van der Waals surface area contributed by atoms with Crippen LogP contribution in [0.25, 0.3) is 0 Å². The highest BCUT2D eigenvalue weighted by molar-refractivity contribution is 7.89. The van der Waals surface area contributed by atoms with Crippen molar-refractivity contribution in [1.29, 1.82) is 0 Å². The Morgan fingerprint density at radius 1 is 1.25 bits per heavy atom. The molecule has 0 heterocycles. The number of carbonyl (C=O) groups excluding carboxylic acids is 1. The number of hydrogen-bond acceptors (Lipinski definition) is 4. The van der Waals surface area contributed by atoms with Gasteiger partial charge in [-0.2, -0.15) is 0 Å². The van der Waals surface area contributed by atoms with E-state index in [0.29, 0.717) is 12.3 Å². The highest BCUT2D eigenvalue weighted by atomic mass is 32.2. The van der Waals surface area contributed by atoms with Crippen LogP contribution >= 0.6 is 0 Å². The fraction of sp³-hybridized carbons (Fsp3) is 0.588. The molecule has 0 atom stereocenters. The highest BCUT2D eigenvalue weighted by Gasteiger charge is 2.24. The third-order valence-electron chi connectivity index (χ3n) is 4.19. The topological polar surface area (TPSA) is 84.5 Å². The summed E-state index contributed by atoms with van der Waals surface area (Å²) in [5.41, 5.74) is 0.234. The smallest absolute Gasteiger partial charge is 0.255 e. The lowest BCUT2D eigenvalue weighted by molar-refractivity contribution is 0.0950. The van der Waals surface area contributed by atoms with Gasteiger partial charge in [0.15, 0.2) is 0 Å². The van der Waals surface area contributed by atoms with E-state index in [0.717, 1.165) is 38.5 Å². The number of benzene rings is 1. The van der Waals surface area contributed by atoms with Gasteiger partial charge in [0.1, 0.15) is 5.75 Å². The number of carbonyl (C=O) groups is 1. The molecule has 134 valence electrons. The molecule has 0 unspecified atom stereocenters. The summed E-state index contributed by atoms with van der Waals surface area (Å²) in [7, 11) is -2.19. The standard InChI is InChI=1S/C17H26N2O4S/c1-3-11-18-17(20)15-12-14(9-10-16(15)23-2)24(21,22)19-13-7-5-4-6-8-13/h9-10,12-13,19H,3-8,11H2,1-2H3,(H,18,20). The fourth-order valence-corrected chi connectivity index (χ4v) is 4.20. The van der Waals surface area contributed by atoms with Crippen LogP contribution in [-0.2, 0) is 10.0 Å². The number of nitrogens with one attached hydrogen (secondary N) is 2. The van der Waals surface area contributed by atoms with E-state index in [1.807, 2.05) is 6.92 Å².